The Morgan fingerprint density at radius 2 is 2.16 bits per heavy atom. The maximum Gasteiger partial charge on any atom is 0.153 e. The maximum absolute atomic E-state index is 5.88. The fourth-order valence-corrected chi connectivity index (χ4v) is 3.54. The van der Waals surface area contributed by atoms with Gasteiger partial charge in [-0.3, -0.25) is 5.84 Å². The molecule has 2 rings (SSSR count). The van der Waals surface area contributed by atoms with E-state index in [9.17, 15) is 0 Å². The molecule has 1 aliphatic carbocycles. The SMILES string of the molecule is COC1(C(NN)c2c(Br)nnn2C)CCC(C)CC1. The van der Waals surface area contributed by atoms with Crippen molar-refractivity contribution in [3.8, 4) is 0 Å². The fraction of sp³-hybridized carbons (Fsp3) is 0.833. The van der Waals surface area contributed by atoms with Crippen molar-refractivity contribution < 1.29 is 4.74 Å². The van der Waals surface area contributed by atoms with E-state index < -0.39 is 0 Å². The van der Waals surface area contributed by atoms with Gasteiger partial charge in [-0.15, -0.1) is 5.10 Å². The van der Waals surface area contributed by atoms with Crippen molar-refractivity contribution in [3.05, 3.63) is 10.3 Å². The number of aromatic nitrogens is 3. The van der Waals surface area contributed by atoms with Gasteiger partial charge in [-0.05, 0) is 47.5 Å². The second kappa shape index (κ2) is 5.87. The zero-order valence-electron chi connectivity index (χ0n) is 11.7. The van der Waals surface area contributed by atoms with Crippen molar-refractivity contribution in [3.63, 3.8) is 0 Å². The summed E-state index contributed by atoms with van der Waals surface area (Å²) in [7, 11) is 3.63. The molecule has 1 atom stereocenters. The van der Waals surface area contributed by atoms with Crippen molar-refractivity contribution in [2.45, 2.75) is 44.2 Å². The van der Waals surface area contributed by atoms with E-state index in [0.717, 1.165) is 37.3 Å². The molecule has 1 aromatic rings. The van der Waals surface area contributed by atoms with Gasteiger partial charge in [0.25, 0.3) is 0 Å². The van der Waals surface area contributed by atoms with Gasteiger partial charge >= 0.3 is 0 Å². The number of hydrogen-bond acceptors (Lipinski definition) is 5. The second-order valence-electron chi connectivity index (χ2n) is 5.44. The molecular formula is C12H22BrN5O. The number of hydrogen-bond donors (Lipinski definition) is 2. The van der Waals surface area contributed by atoms with Crippen molar-refractivity contribution in [1.29, 1.82) is 0 Å². The molecule has 108 valence electrons. The largest absolute Gasteiger partial charge is 0.376 e. The van der Waals surface area contributed by atoms with Gasteiger partial charge in [0, 0.05) is 14.2 Å². The number of nitrogens with two attached hydrogens (primary N) is 1. The average molecular weight is 332 g/mol. The molecule has 1 saturated carbocycles. The molecule has 0 aromatic carbocycles. The quantitative estimate of drug-likeness (QED) is 0.648. The lowest BCUT2D eigenvalue weighted by molar-refractivity contribution is -0.0780. The van der Waals surface area contributed by atoms with E-state index in [2.05, 4.69) is 38.6 Å². The summed E-state index contributed by atoms with van der Waals surface area (Å²) in [5.41, 5.74) is 3.54. The van der Waals surface area contributed by atoms with Crippen LogP contribution in [-0.4, -0.2) is 27.7 Å². The van der Waals surface area contributed by atoms with Gasteiger partial charge in [0.15, 0.2) is 4.60 Å². The molecule has 0 aliphatic heterocycles. The van der Waals surface area contributed by atoms with Crippen LogP contribution in [-0.2, 0) is 11.8 Å². The first kappa shape index (κ1) is 14.9. The molecule has 6 nitrogen and oxygen atoms in total. The van der Waals surface area contributed by atoms with Crippen molar-refractivity contribution in [2.75, 3.05) is 7.11 Å². The minimum atomic E-state index is -0.292. The summed E-state index contributed by atoms with van der Waals surface area (Å²) in [5.74, 6) is 6.55. The molecule has 19 heavy (non-hydrogen) atoms. The van der Waals surface area contributed by atoms with E-state index in [4.69, 9.17) is 10.6 Å². The fourth-order valence-electron chi connectivity index (χ4n) is 2.99. The van der Waals surface area contributed by atoms with Crippen LogP contribution in [0.25, 0.3) is 0 Å². The summed E-state index contributed by atoms with van der Waals surface area (Å²) >= 11 is 3.44. The number of aryl methyl sites for hydroxylation is 1. The van der Waals surface area contributed by atoms with Gasteiger partial charge in [-0.1, -0.05) is 12.1 Å². The lowest BCUT2D eigenvalue weighted by Gasteiger charge is -2.43. The number of rotatable bonds is 4. The summed E-state index contributed by atoms with van der Waals surface area (Å²) in [4.78, 5) is 0. The van der Waals surface area contributed by atoms with Crippen LogP contribution in [0.3, 0.4) is 0 Å². The van der Waals surface area contributed by atoms with Gasteiger partial charge in [0.05, 0.1) is 17.3 Å². The highest BCUT2D eigenvalue weighted by Crippen LogP contribution is 2.43. The highest BCUT2D eigenvalue weighted by molar-refractivity contribution is 9.10. The summed E-state index contributed by atoms with van der Waals surface area (Å²) < 4.78 is 8.34. The first-order valence-electron chi connectivity index (χ1n) is 6.60. The number of nitrogens with zero attached hydrogens (tertiary/aromatic N) is 3. The van der Waals surface area contributed by atoms with Crippen LogP contribution in [0.5, 0.6) is 0 Å². The normalized spacial score (nSPS) is 29.4. The van der Waals surface area contributed by atoms with E-state index >= 15 is 0 Å². The second-order valence-corrected chi connectivity index (χ2v) is 6.19. The predicted octanol–water partition coefficient (Wildman–Crippen LogP) is 1.68. The van der Waals surface area contributed by atoms with E-state index in [1.807, 2.05) is 7.05 Å². The highest BCUT2D eigenvalue weighted by Gasteiger charge is 2.44. The Kier molecular flexibility index (Phi) is 4.60. The van der Waals surface area contributed by atoms with Crippen LogP contribution in [0.2, 0.25) is 0 Å². The van der Waals surface area contributed by atoms with Gasteiger partial charge in [0.1, 0.15) is 0 Å². The van der Waals surface area contributed by atoms with E-state index in [0.29, 0.717) is 4.60 Å². The van der Waals surface area contributed by atoms with Gasteiger partial charge in [-0.2, -0.15) is 0 Å². The summed E-state index contributed by atoms with van der Waals surface area (Å²) in [6.45, 7) is 2.28. The topological polar surface area (TPSA) is 78.0 Å². The van der Waals surface area contributed by atoms with Crippen molar-refractivity contribution in [2.24, 2.45) is 18.8 Å². The van der Waals surface area contributed by atoms with Gasteiger partial charge < -0.3 is 4.74 Å². The van der Waals surface area contributed by atoms with Crippen LogP contribution in [0.15, 0.2) is 4.60 Å². The lowest BCUT2D eigenvalue weighted by Crippen LogP contribution is -2.50. The summed E-state index contributed by atoms with van der Waals surface area (Å²) in [6.07, 6.45) is 4.26. The Labute approximate surface area is 122 Å². The summed E-state index contributed by atoms with van der Waals surface area (Å²) in [5, 5.41) is 8.07. The van der Waals surface area contributed by atoms with Crippen molar-refractivity contribution in [1.82, 2.24) is 20.4 Å². The molecular weight excluding hydrogens is 310 g/mol. The zero-order chi connectivity index (χ0) is 14.0. The molecule has 0 radical (unpaired) electrons. The number of ether oxygens (including phenoxy) is 1. The molecule has 0 amide bonds. The third-order valence-corrected chi connectivity index (χ3v) is 4.88. The first-order valence-corrected chi connectivity index (χ1v) is 7.39. The molecule has 0 spiro atoms. The number of hydrazine groups is 1. The van der Waals surface area contributed by atoms with E-state index in [1.165, 1.54) is 0 Å². The number of methoxy groups -OCH3 is 1. The number of nitrogens with one attached hydrogen (secondary N) is 1. The lowest BCUT2D eigenvalue weighted by atomic mass is 9.74. The van der Waals surface area contributed by atoms with Crippen LogP contribution >= 0.6 is 15.9 Å². The van der Waals surface area contributed by atoms with E-state index in [1.54, 1.807) is 11.8 Å². The van der Waals surface area contributed by atoms with Crippen LogP contribution in [0, 0.1) is 5.92 Å². The Bertz CT molecular complexity index is 408. The highest BCUT2D eigenvalue weighted by atomic mass is 79.9. The molecule has 1 unspecified atom stereocenters. The Morgan fingerprint density at radius 1 is 1.53 bits per heavy atom. The molecule has 1 aromatic heterocycles. The molecule has 0 bridgehead atoms. The van der Waals surface area contributed by atoms with Crippen LogP contribution in [0.4, 0.5) is 0 Å². The molecule has 7 heteroatoms. The first-order chi connectivity index (χ1) is 9.04. The Morgan fingerprint density at radius 3 is 2.58 bits per heavy atom. The van der Waals surface area contributed by atoms with Gasteiger partial charge in [0.2, 0.25) is 0 Å². The standard InChI is InChI=1S/C12H22BrN5O/c1-8-4-6-12(19-3,7-5-8)10(15-14)9-11(13)16-17-18(9)2/h8,10,15H,4-7,14H2,1-3H3. The van der Waals surface area contributed by atoms with Gasteiger partial charge in [-0.25, -0.2) is 10.1 Å². The molecule has 1 heterocycles. The monoisotopic (exact) mass is 331 g/mol. The molecule has 0 saturated heterocycles. The third kappa shape index (κ3) is 2.69. The van der Waals surface area contributed by atoms with E-state index in [-0.39, 0.29) is 11.6 Å². The third-order valence-electron chi connectivity index (χ3n) is 4.32. The Balaban J connectivity index is 2.34. The maximum atomic E-state index is 5.88. The van der Waals surface area contributed by atoms with Crippen LogP contribution in [0.1, 0.15) is 44.3 Å². The Hall–Kier alpha value is -0.500. The van der Waals surface area contributed by atoms with Crippen molar-refractivity contribution >= 4 is 15.9 Å². The van der Waals surface area contributed by atoms with Crippen LogP contribution < -0.4 is 11.3 Å². The molecule has 1 fully saturated rings. The predicted molar refractivity (Wildman–Crippen MR) is 76.1 cm³/mol. The minimum Gasteiger partial charge on any atom is -0.376 e. The minimum absolute atomic E-state index is 0.126. The smallest absolute Gasteiger partial charge is 0.153 e. The zero-order valence-corrected chi connectivity index (χ0v) is 13.3. The number of halogens is 1. The molecule has 1 aliphatic rings. The summed E-state index contributed by atoms with van der Waals surface area (Å²) in [6, 6.07) is -0.126. The average Bonchev–Trinajstić information content (AvgIpc) is 2.74. The molecule has 3 N–H and O–H groups in total.